The maximum Gasteiger partial charge on any atom is 0.337 e. The van der Waals surface area contributed by atoms with Crippen molar-refractivity contribution in [1.29, 1.82) is 0 Å². The van der Waals surface area contributed by atoms with E-state index in [1.54, 1.807) is 12.1 Å². The van der Waals surface area contributed by atoms with E-state index >= 15 is 0 Å². The topological polar surface area (TPSA) is 97.4 Å². The Labute approximate surface area is 170 Å². The van der Waals surface area contributed by atoms with Crippen molar-refractivity contribution in [3.05, 3.63) is 50.2 Å². The molecular weight excluding hydrogens is 392 g/mol. The number of carbonyl (C=O) groups is 1. The molecule has 0 aliphatic carbocycles. The first-order valence-electron chi connectivity index (χ1n) is 9.58. The summed E-state index contributed by atoms with van der Waals surface area (Å²) in [6.45, 7) is 4.87. The fraction of sp³-hybridized carbons (Fsp3) is 0.400. The predicted molar refractivity (Wildman–Crippen MR) is 113 cm³/mol. The Bertz CT molecular complexity index is 1220. The van der Waals surface area contributed by atoms with Crippen LogP contribution in [0.25, 0.3) is 16.0 Å². The van der Waals surface area contributed by atoms with E-state index in [-0.39, 0.29) is 5.65 Å². The molecule has 0 saturated carbocycles. The fourth-order valence-electron chi connectivity index (χ4n) is 3.71. The summed E-state index contributed by atoms with van der Waals surface area (Å²) in [5, 5.41) is 10.0. The van der Waals surface area contributed by atoms with Crippen molar-refractivity contribution in [2.45, 2.75) is 39.7 Å². The zero-order valence-electron chi connectivity index (χ0n) is 16.3. The van der Waals surface area contributed by atoms with Crippen LogP contribution in [0, 0.1) is 13.8 Å². The number of benzene rings is 1. The predicted octanol–water partition coefficient (Wildman–Crippen LogP) is 2.30. The Morgan fingerprint density at radius 1 is 1.17 bits per heavy atom. The van der Waals surface area contributed by atoms with Gasteiger partial charge >= 0.3 is 11.7 Å². The Hall–Kier alpha value is -2.94. The lowest BCUT2D eigenvalue weighted by atomic mass is 10.1. The minimum atomic E-state index is -1.16. The van der Waals surface area contributed by atoms with Crippen LogP contribution >= 0.6 is 11.3 Å². The van der Waals surface area contributed by atoms with Crippen molar-refractivity contribution in [3.8, 4) is 5.69 Å². The van der Waals surface area contributed by atoms with Gasteiger partial charge in [-0.3, -0.25) is 14.2 Å². The zero-order chi connectivity index (χ0) is 20.7. The molecule has 0 spiro atoms. The molecule has 0 amide bonds. The van der Waals surface area contributed by atoms with Crippen LogP contribution in [0.1, 0.15) is 30.4 Å². The summed E-state index contributed by atoms with van der Waals surface area (Å²) in [5.74, 6) is -1.16. The summed E-state index contributed by atoms with van der Waals surface area (Å²) >= 11 is 1.23. The van der Waals surface area contributed by atoms with Gasteiger partial charge in [-0.2, -0.15) is 0 Å². The summed E-state index contributed by atoms with van der Waals surface area (Å²) in [6, 6.07) is 5.38. The number of thiazole rings is 1. The minimum Gasteiger partial charge on any atom is -0.480 e. The molecule has 0 bridgehead atoms. The molecule has 29 heavy (non-hydrogen) atoms. The van der Waals surface area contributed by atoms with Gasteiger partial charge in [-0.15, -0.1) is 0 Å². The molecule has 1 saturated heterocycles. The van der Waals surface area contributed by atoms with Crippen LogP contribution in [0.15, 0.2) is 27.8 Å². The summed E-state index contributed by atoms with van der Waals surface area (Å²) in [6.07, 6.45) is 3.25. The SMILES string of the molecule is Cc1cccc(-n2c(=O)c3sc(N4CCCCC4)nc3n(CC(=O)O)c2=O)c1C. The molecule has 3 heterocycles. The number of aliphatic carboxylic acids is 1. The number of piperidine rings is 1. The number of hydrogen-bond donors (Lipinski definition) is 1. The molecule has 9 heteroatoms. The third-order valence-electron chi connectivity index (χ3n) is 5.41. The van der Waals surface area contributed by atoms with E-state index in [2.05, 4.69) is 9.88 Å². The maximum atomic E-state index is 13.3. The van der Waals surface area contributed by atoms with E-state index in [1.165, 1.54) is 11.3 Å². The van der Waals surface area contributed by atoms with Crippen molar-refractivity contribution in [1.82, 2.24) is 14.1 Å². The zero-order valence-corrected chi connectivity index (χ0v) is 17.2. The summed E-state index contributed by atoms with van der Waals surface area (Å²) in [5.41, 5.74) is 1.21. The van der Waals surface area contributed by atoms with Crippen molar-refractivity contribution >= 4 is 32.8 Å². The highest BCUT2D eigenvalue weighted by Gasteiger charge is 2.23. The van der Waals surface area contributed by atoms with Crippen LogP contribution in [-0.4, -0.2) is 38.3 Å². The number of hydrogen-bond acceptors (Lipinski definition) is 6. The van der Waals surface area contributed by atoms with E-state index in [1.807, 2.05) is 19.9 Å². The monoisotopic (exact) mass is 414 g/mol. The van der Waals surface area contributed by atoms with Gasteiger partial charge in [0.15, 0.2) is 10.8 Å². The van der Waals surface area contributed by atoms with Crippen molar-refractivity contribution in [2.75, 3.05) is 18.0 Å². The molecule has 152 valence electrons. The number of rotatable bonds is 4. The molecule has 4 rings (SSSR count). The van der Waals surface area contributed by atoms with E-state index < -0.39 is 23.8 Å². The van der Waals surface area contributed by atoms with E-state index in [0.29, 0.717) is 15.5 Å². The lowest BCUT2D eigenvalue weighted by molar-refractivity contribution is -0.137. The number of aromatic nitrogens is 3. The number of fused-ring (bicyclic) bond motifs is 1. The van der Waals surface area contributed by atoms with Gasteiger partial charge in [-0.05, 0) is 50.3 Å². The molecule has 0 radical (unpaired) electrons. The van der Waals surface area contributed by atoms with E-state index in [9.17, 15) is 19.5 Å². The standard InChI is InChI=1S/C20H22N4O4S/c1-12-7-6-8-14(13(12)2)24-18(27)16-17(23(20(24)28)11-15(25)26)21-19(29-16)22-9-4-3-5-10-22/h6-8H,3-5,9-11H2,1-2H3,(H,25,26). The fourth-order valence-corrected chi connectivity index (χ4v) is 4.76. The Kier molecular flexibility index (Phi) is 4.99. The second-order valence-electron chi connectivity index (χ2n) is 7.32. The summed E-state index contributed by atoms with van der Waals surface area (Å²) in [7, 11) is 0. The number of aryl methyl sites for hydroxylation is 1. The van der Waals surface area contributed by atoms with Crippen molar-refractivity contribution in [2.24, 2.45) is 0 Å². The number of anilines is 1. The summed E-state index contributed by atoms with van der Waals surface area (Å²) in [4.78, 5) is 44.6. The first-order chi connectivity index (χ1) is 13.9. The molecule has 8 nitrogen and oxygen atoms in total. The molecular formula is C20H22N4O4S. The smallest absolute Gasteiger partial charge is 0.337 e. The first kappa shape index (κ1) is 19.4. The molecule has 1 aliphatic rings. The highest BCUT2D eigenvalue weighted by atomic mass is 32.1. The van der Waals surface area contributed by atoms with Gasteiger partial charge in [0.25, 0.3) is 5.56 Å². The Morgan fingerprint density at radius 2 is 1.90 bits per heavy atom. The van der Waals surface area contributed by atoms with Gasteiger partial charge in [-0.1, -0.05) is 23.5 Å². The molecule has 3 aromatic rings. The van der Waals surface area contributed by atoms with E-state index in [0.717, 1.165) is 52.6 Å². The lowest BCUT2D eigenvalue weighted by Crippen LogP contribution is -2.40. The van der Waals surface area contributed by atoms with Crippen LogP contribution in [0.2, 0.25) is 0 Å². The molecule has 1 aliphatic heterocycles. The average molecular weight is 414 g/mol. The highest BCUT2D eigenvalue weighted by molar-refractivity contribution is 7.22. The Morgan fingerprint density at radius 3 is 2.59 bits per heavy atom. The van der Waals surface area contributed by atoms with Crippen LogP contribution in [0.5, 0.6) is 0 Å². The third kappa shape index (κ3) is 3.35. The molecule has 1 aromatic carbocycles. The van der Waals surface area contributed by atoms with Gasteiger partial charge in [0.1, 0.15) is 11.2 Å². The van der Waals surface area contributed by atoms with Crippen LogP contribution in [0.3, 0.4) is 0 Å². The van der Waals surface area contributed by atoms with Gasteiger partial charge in [0.05, 0.1) is 5.69 Å². The molecule has 0 atom stereocenters. The third-order valence-corrected chi connectivity index (χ3v) is 6.50. The minimum absolute atomic E-state index is 0.148. The average Bonchev–Trinajstić information content (AvgIpc) is 3.15. The number of nitrogens with zero attached hydrogens (tertiary/aromatic N) is 4. The van der Waals surface area contributed by atoms with Gasteiger partial charge in [-0.25, -0.2) is 14.3 Å². The first-order valence-corrected chi connectivity index (χ1v) is 10.4. The molecule has 2 aromatic heterocycles. The lowest BCUT2D eigenvalue weighted by Gasteiger charge is -2.25. The quantitative estimate of drug-likeness (QED) is 0.704. The number of carboxylic acid groups (broad SMARTS) is 1. The van der Waals surface area contributed by atoms with Crippen LogP contribution in [-0.2, 0) is 11.3 Å². The van der Waals surface area contributed by atoms with Crippen molar-refractivity contribution in [3.63, 3.8) is 0 Å². The maximum absolute atomic E-state index is 13.3. The number of carboxylic acids is 1. The van der Waals surface area contributed by atoms with Crippen LogP contribution < -0.4 is 16.1 Å². The summed E-state index contributed by atoms with van der Waals surface area (Å²) < 4.78 is 2.46. The molecule has 1 N–H and O–H groups in total. The van der Waals surface area contributed by atoms with Gasteiger partial charge < -0.3 is 10.0 Å². The van der Waals surface area contributed by atoms with E-state index in [4.69, 9.17) is 0 Å². The second-order valence-corrected chi connectivity index (χ2v) is 8.30. The van der Waals surface area contributed by atoms with Gasteiger partial charge in [0, 0.05) is 13.1 Å². The largest absolute Gasteiger partial charge is 0.480 e. The van der Waals surface area contributed by atoms with Crippen molar-refractivity contribution < 1.29 is 9.90 Å². The van der Waals surface area contributed by atoms with Crippen LogP contribution in [0.4, 0.5) is 5.13 Å². The highest BCUT2D eigenvalue weighted by Crippen LogP contribution is 2.28. The molecule has 0 unspecified atom stereocenters. The Balaban J connectivity index is 2.02. The second kappa shape index (κ2) is 7.47. The van der Waals surface area contributed by atoms with Gasteiger partial charge in [0.2, 0.25) is 0 Å². The molecule has 1 fully saturated rings. The normalized spacial score (nSPS) is 14.5.